The highest BCUT2D eigenvalue weighted by Crippen LogP contribution is 2.13. The van der Waals surface area contributed by atoms with Crippen molar-refractivity contribution in [1.82, 2.24) is 5.32 Å². The molecule has 0 bridgehead atoms. The number of nitrogens with one attached hydrogen (secondary N) is 2. The van der Waals surface area contributed by atoms with Crippen LogP contribution >= 0.6 is 24.0 Å². The normalized spacial score (nSPS) is 11.5. The molecule has 1 heterocycles. The topological polar surface area (TPSA) is 92.6 Å². The molecule has 130 valence electrons. The largest absolute Gasteiger partial charge is 0.459 e. The fraction of sp³-hybridized carbons (Fsp3) is 0.294. The molecule has 1 aromatic carbocycles. The second-order valence-corrected chi connectivity index (χ2v) is 6.21. The zero-order valence-electron chi connectivity index (χ0n) is 14.0. The van der Waals surface area contributed by atoms with Crippen LogP contribution in [0.1, 0.15) is 36.9 Å². The van der Waals surface area contributed by atoms with Crippen molar-refractivity contribution in [3.05, 3.63) is 54.0 Å². The van der Waals surface area contributed by atoms with Crippen molar-refractivity contribution in [2.75, 3.05) is 5.32 Å². The quantitative estimate of drug-likeness (QED) is 0.385. The molecule has 2 aromatic rings. The summed E-state index contributed by atoms with van der Waals surface area (Å²) in [6.07, 6.45) is 1.46. The Kier molecular flexibility index (Phi) is 7.27. The van der Waals surface area contributed by atoms with E-state index in [0.29, 0.717) is 18.2 Å². The number of amides is 1. The van der Waals surface area contributed by atoms with Gasteiger partial charge in [-0.15, -0.1) is 24.0 Å². The van der Waals surface area contributed by atoms with Crippen LogP contribution in [0.2, 0.25) is 0 Å². The number of nitrogens with two attached hydrogens (primary N) is 1. The number of carbonyl (C=O) groups is 1. The number of nitrogens with zero attached hydrogens (tertiary/aromatic N) is 1. The fourth-order valence-electron chi connectivity index (χ4n) is 1.95. The third kappa shape index (κ3) is 6.61. The second kappa shape index (κ2) is 8.72. The Labute approximate surface area is 158 Å². The maximum absolute atomic E-state index is 11.9. The Morgan fingerprint density at radius 2 is 2.00 bits per heavy atom. The maximum atomic E-state index is 11.9. The molecule has 0 radical (unpaired) electrons. The highest BCUT2D eigenvalue weighted by atomic mass is 127. The fourth-order valence-corrected chi connectivity index (χ4v) is 1.95. The summed E-state index contributed by atoms with van der Waals surface area (Å²) in [6.45, 7) is 6.47. The van der Waals surface area contributed by atoms with Gasteiger partial charge in [-0.25, -0.2) is 4.99 Å². The van der Waals surface area contributed by atoms with Gasteiger partial charge in [0.25, 0.3) is 5.91 Å². The van der Waals surface area contributed by atoms with Gasteiger partial charge in [-0.2, -0.15) is 0 Å². The van der Waals surface area contributed by atoms with Crippen molar-refractivity contribution in [1.29, 1.82) is 0 Å². The number of aliphatic imine (C=N–C) groups is 1. The van der Waals surface area contributed by atoms with E-state index >= 15 is 0 Å². The van der Waals surface area contributed by atoms with E-state index in [1.54, 1.807) is 12.1 Å². The summed E-state index contributed by atoms with van der Waals surface area (Å²) in [5, 5.41) is 5.88. The minimum Gasteiger partial charge on any atom is -0.459 e. The van der Waals surface area contributed by atoms with Gasteiger partial charge < -0.3 is 20.8 Å². The van der Waals surface area contributed by atoms with E-state index in [1.807, 2.05) is 45.0 Å². The zero-order chi connectivity index (χ0) is 16.9. The first-order chi connectivity index (χ1) is 10.8. The molecule has 0 aliphatic carbocycles. The number of halogens is 1. The van der Waals surface area contributed by atoms with Crippen molar-refractivity contribution in [2.24, 2.45) is 10.7 Å². The van der Waals surface area contributed by atoms with E-state index in [4.69, 9.17) is 10.2 Å². The molecule has 0 saturated carbocycles. The highest BCUT2D eigenvalue weighted by molar-refractivity contribution is 14.0. The van der Waals surface area contributed by atoms with Gasteiger partial charge in [-0.3, -0.25) is 4.79 Å². The number of carbonyl (C=O) groups excluding carboxylic acids is 1. The van der Waals surface area contributed by atoms with Crippen molar-refractivity contribution in [3.63, 3.8) is 0 Å². The highest BCUT2D eigenvalue weighted by Gasteiger charge is 2.10. The lowest BCUT2D eigenvalue weighted by Gasteiger charge is -2.21. The summed E-state index contributed by atoms with van der Waals surface area (Å²) in [4.78, 5) is 16.2. The number of hydrogen-bond donors (Lipinski definition) is 3. The molecule has 1 amide bonds. The molecule has 24 heavy (non-hydrogen) atoms. The molecule has 0 spiro atoms. The summed E-state index contributed by atoms with van der Waals surface area (Å²) in [5.74, 6) is 0.374. The minimum atomic E-state index is -0.287. The van der Waals surface area contributed by atoms with Crippen LogP contribution in [0.4, 0.5) is 5.69 Å². The standard InChI is InChI=1S/C17H22N4O2.HI/c1-17(2,3)21-16(18)19-11-12-6-4-7-13(10-12)20-15(22)14-8-5-9-23-14;/h4-10H,11H2,1-3H3,(H,20,22)(H3,18,19,21);1H. The molecule has 0 aliphatic heterocycles. The van der Waals surface area contributed by atoms with Crippen LogP contribution in [-0.4, -0.2) is 17.4 Å². The summed E-state index contributed by atoms with van der Waals surface area (Å²) >= 11 is 0. The van der Waals surface area contributed by atoms with E-state index in [-0.39, 0.29) is 41.2 Å². The van der Waals surface area contributed by atoms with Crippen LogP contribution in [0.5, 0.6) is 0 Å². The first-order valence-electron chi connectivity index (χ1n) is 7.35. The molecule has 0 saturated heterocycles. The van der Waals surface area contributed by atoms with E-state index in [0.717, 1.165) is 5.56 Å². The van der Waals surface area contributed by atoms with E-state index < -0.39 is 0 Å². The SMILES string of the molecule is CC(C)(C)NC(N)=NCc1cccc(NC(=O)c2ccco2)c1.I. The van der Waals surface area contributed by atoms with Gasteiger partial charge >= 0.3 is 0 Å². The van der Waals surface area contributed by atoms with Gasteiger partial charge in [-0.05, 0) is 50.6 Å². The Morgan fingerprint density at radius 3 is 2.62 bits per heavy atom. The van der Waals surface area contributed by atoms with Gasteiger partial charge in [-0.1, -0.05) is 12.1 Å². The predicted molar refractivity (Wildman–Crippen MR) is 107 cm³/mol. The lowest BCUT2D eigenvalue weighted by molar-refractivity contribution is 0.0996. The van der Waals surface area contributed by atoms with Crippen LogP contribution in [0, 0.1) is 0 Å². The second-order valence-electron chi connectivity index (χ2n) is 6.21. The van der Waals surface area contributed by atoms with Crippen molar-refractivity contribution < 1.29 is 9.21 Å². The zero-order valence-corrected chi connectivity index (χ0v) is 16.3. The van der Waals surface area contributed by atoms with E-state index in [2.05, 4.69) is 15.6 Å². The van der Waals surface area contributed by atoms with Crippen molar-refractivity contribution in [3.8, 4) is 0 Å². The molecule has 0 atom stereocenters. The summed E-state index contributed by atoms with van der Waals surface area (Å²) in [6, 6.07) is 10.7. The molecule has 6 nitrogen and oxygen atoms in total. The van der Waals surface area contributed by atoms with Crippen LogP contribution in [-0.2, 0) is 6.54 Å². The number of hydrogen-bond acceptors (Lipinski definition) is 3. The summed E-state index contributed by atoms with van der Waals surface area (Å²) < 4.78 is 5.06. The van der Waals surface area contributed by atoms with Gasteiger partial charge in [0.2, 0.25) is 0 Å². The third-order valence-corrected chi connectivity index (χ3v) is 2.86. The monoisotopic (exact) mass is 442 g/mol. The average molecular weight is 442 g/mol. The Hall–Kier alpha value is -2.03. The Balaban J connectivity index is 0.00000288. The molecule has 4 N–H and O–H groups in total. The Bertz CT molecular complexity index is 691. The molecule has 0 aliphatic rings. The van der Waals surface area contributed by atoms with Gasteiger partial charge in [0.05, 0.1) is 12.8 Å². The van der Waals surface area contributed by atoms with Crippen molar-refractivity contribution >= 4 is 41.5 Å². The predicted octanol–water partition coefficient (Wildman–Crippen LogP) is 3.35. The third-order valence-electron chi connectivity index (χ3n) is 2.86. The molecular formula is C17H23IN4O2. The maximum Gasteiger partial charge on any atom is 0.291 e. The summed E-state index contributed by atoms with van der Waals surface area (Å²) in [7, 11) is 0. The van der Waals surface area contributed by atoms with E-state index in [1.165, 1.54) is 6.26 Å². The number of guanidine groups is 1. The lowest BCUT2D eigenvalue weighted by Crippen LogP contribution is -2.44. The van der Waals surface area contributed by atoms with Crippen LogP contribution in [0.3, 0.4) is 0 Å². The van der Waals surface area contributed by atoms with Crippen LogP contribution < -0.4 is 16.4 Å². The first kappa shape index (κ1) is 20.0. The molecule has 0 fully saturated rings. The van der Waals surface area contributed by atoms with Crippen LogP contribution in [0.25, 0.3) is 0 Å². The average Bonchev–Trinajstić information content (AvgIpc) is 2.98. The molecule has 1 aromatic heterocycles. The molecule has 2 rings (SSSR count). The molecular weight excluding hydrogens is 419 g/mol. The molecule has 0 unspecified atom stereocenters. The minimum absolute atomic E-state index is 0. The van der Waals surface area contributed by atoms with Crippen molar-refractivity contribution in [2.45, 2.75) is 32.9 Å². The van der Waals surface area contributed by atoms with Gasteiger partial charge in [0.15, 0.2) is 11.7 Å². The Morgan fingerprint density at radius 1 is 1.25 bits per heavy atom. The van der Waals surface area contributed by atoms with Gasteiger partial charge in [0.1, 0.15) is 0 Å². The number of rotatable bonds is 4. The van der Waals surface area contributed by atoms with Gasteiger partial charge in [0, 0.05) is 11.2 Å². The van der Waals surface area contributed by atoms with E-state index in [9.17, 15) is 4.79 Å². The smallest absolute Gasteiger partial charge is 0.291 e. The summed E-state index contributed by atoms with van der Waals surface area (Å²) in [5.41, 5.74) is 7.34. The first-order valence-corrected chi connectivity index (χ1v) is 7.35. The number of anilines is 1. The van der Waals surface area contributed by atoms with Crippen LogP contribution in [0.15, 0.2) is 52.1 Å². The number of furan rings is 1. The molecule has 7 heteroatoms. The lowest BCUT2D eigenvalue weighted by atomic mass is 10.1. The number of benzene rings is 1.